The Balaban J connectivity index is 2.30. The van der Waals surface area contributed by atoms with Gasteiger partial charge in [0.15, 0.2) is 5.89 Å². The highest BCUT2D eigenvalue weighted by atomic mass is 19.1. The van der Waals surface area contributed by atoms with Crippen molar-refractivity contribution >= 4 is 11.6 Å². The fraction of sp³-hybridized carbons (Fsp3) is 0.167. The fourth-order valence-corrected chi connectivity index (χ4v) is 1.53. The summed E-state index contributed by atoms with van der Waals surface area (Å²) in [6.07, 6.45) is 0. The summed E-state index contributed by atoms with van der Waals surface area (Å²) in [5.41, 5.74) is -0.141. The van der Waals surface area contributed by atoms with E-state index >= 15 is 0 Å². The number of aryl methyl sites for hydroxylation is 2. The van der Waals surface area contributed by atoms with Gasteiger partial charge in [0.25, 0.3) is 5.91 Å². The molecule has 6 heteroatoms. The largest absolute Gasteiger partial charge is 0.436 e. The van der Waals surface area contributed by atoms with Crippen molar-refractivity contribution in [3.63, 3.8) is 0 Å². The summed E-state index contributed by atoms with van der Waals surface area (Å²) >= 11 is 0. The van der Waals surface area contributed by atoms with Crippen LogP contribution >= 0.6 is 0 Å². The third-order valence-corrected chi connectivity index (χ3v) is 2.31. The van der Waals surface area contributed by atoms with Crippen molar-refractivity contribution in [2.24, 2.45) is 0 Å². The predicted molar refractivity (Wildman–Crippen MR) is 60.3 cm³/mol. The molecule has 4 nitrogen and oxygen atoms in total. The number of amides is 1. The Labute approximate surface area is 102 Å². The number of oxazole rings is 1. The normalized spacial score (nSPS) is 10.4. The molecule has 1 aromatic heterocycles. The number of carbonyl (C=O) groups excluding carboxylic acids is 1. The number of benzene rings is 1. The number of anilines is 1. The first-order valence-corrected chi connectivity index (χ1v) is 5.18. The monoisotopic (exact) mass is 252 g/mol. The molecule has 1 amide bonds. The van der Waals surface area contributed by atoms with Gasteiger partial charge in [-0.15, -0.1) is 0 Å². The Morgan fingerprint density at radius 3 is 2.39 bits per heavy atom. The predicted octanol–water partition coefficient (Wildman–Crippen LogP) is 2.82. The van der Waals surface area contributed by atoms with Gasteiger partial charge in [0, 0.05) is 6.92 Å². The smallest absolute Gasteiger partial charge is 0.293 e. The highest BCUT2D eigenvalue weighted by Crippen LogP contribution is 2.20. The Morgan fingerprint density at radius 1 is 1.28 bits per heavy atom. The third kappa shape index (κ3) is 2.22. The van der Waals surface area contributed by atoms with Crippen molar-refractivity contribution in [1.29, 1.82) is 0 Å². The van der Waals surface area contributed by atoms with Gasteiger partial charge in [-0.1, -0.05) is 6.07 Å². The molecule has 0 aliphatic heterocycles. The summed E-state index contributed by atoms with van der Waals surface area (Å²) in [7, 11) is 0. The van der Waals surface area contributed by atoms with Crippen molar-refractivity contribution < 1.29 is 18.0 Å². The van der Waals surface area contributed by atoms with Crippen LogP contribution in [0.5, 0.6) is 0 Å². The van der Waals surface area contributed by atoms with Crippen molar-refractivity contribution in [2.45, 2.75) is 13.8 Å². The molecule has 0 unspecified atom stereocenters. The number of aromatic nitrogens is 1. The second kappa shape index (κ2) is 4.56. The fourth-order valence-electron chi connectivity index (χ4n) is 1.53. The number of nitrogens with zero attached hydrogens (tertiary/aromatic N) is 1. The van der Waals surface area contributed by atoms with Crippen LogP contribution in [-0.4, -0.2) is 10.9 Å². The van der Waals surface area contributed by atoms with E-state index in [0.717, 1.165) is 12.1 Å². The number of hydrogen-bond donors (Lipinski definition) is 1. The van der Waals surface area contributed by atoms with Crippen LogP contribution < -0.4 is 5.32 Å². The van der Waals surface area contributed by atoms with E-state index in [1.165, 1.54) is 6.07 Å². The Hall–Kier alpha value is -2.24. The van der Waals surface area contributed by atoms with Gasteiger partial charge < -0.3 is 9.73 Å². The van der Waals surface area contributed by atoms with Crippen molar-refractivity contribution in [3.05, 3.63) is 47.2 Å². The summed E-state index contributed by atoms with van der Waals surface area (Å²) in [5, 5.41) is 2.13. The summed E-state index contributed by atoms with van der Waals surface area (Å²) in [4.78, 5) is 15.7. The Kier molecular flexibility index (Phi) is 3.10. The zero-order chi connectivity index (χ0) is 13.3. The molecule has 2 aromatic rings. The highest BCUT2D eigenvalue weighted by molar-refractivity contribution is 6.03. The molecule has 0 saturated carbocycles. The quantitative estimate of drug-likeness (QED) is 0.894. The zero-order valence-electron chi connectivity index (χ0n) is 9.75. The van der Waals surface area contributed by atoms with Crippen molar-refractivity contribution in [2.75, 3.05) is 5.32 Å². The molecule has 0 radical (unpaired) electrons. The number of para-hydroxylation sites is 1. The van der Waals surface area contributed by atoms with Gasteiger partial charge in [-0.2, -0.15) is 0 Å². The molecular formula is C12H10F2N2O2. The lowest BCUT2D eigenvalue weighted by molar-refractivity contribution is 0.0993. The maximum atomic E-state index is 13.3. The van der Waals surface area contributed by atoms with E-state index in [9.17, 15) is 13.6 Å². The lowest BCUT2D eigenvalue weighted by Gasteiger charge is -2.05. The first-order valence-electron chi connectivity index (χ1n) is 5.18. The average Bonchev–Trinajstić information content (AvgIpc) is 2.63. The molecule has 0 aliphatic rings. The van der Waals surface area contributed by atoms with Gasteiger partial charge in [-0.25, -0.2) is 13.8 Å². The molecule has 0 saturated heterocycles. The number of nitrogens with one attached hydrogen (secondary N) is 1. The molecule has 18 heavy (non-hydrogen) atoms. The number of carbonyl (C=O) groups is 1. The molecule has 94 valence electrons. The van der Waals surface area contributed by atoms with Crippen molar-refractivity contribution in [1.82, 2.24) is 4.98 Å². The van der Waals surface area contributed by atoms with E-state index in [1.807, 2.05) is 0 Å². The molecular weight excluding hydrogens is 242 g/mol. The topological polar surface area (TPSA) is 55.1 Å². The molecule has 0 aliphatic carbocycles. The van der Waals surface area contributed by atoms with E-state index in [1.54, 1.807) is 13.8 Å². The second-order valence-corrected chi connectivity index (χ2v) is 3.70. The standard InChI is InChI=1S/C12H10F2N2O2/c1-6-11(18-7(2)15-6)12(17)16-10-8(13)4-3-5-9(10)14/h3-5H,1-2H3,(H,16,17). The number of hydrogen-bond acceptors (Lipinski definition) is 3. The number of halogens is 2. The Morgan fingerprint density at radius 2 is 1.89 bits per heavy atom. The van der Waals surface area contributed by atoms with Gasteiger partial charge in [-0.05, 0) is 19.1 Å². The number of rotatable bonds is 2. The van der Waals surface area contributed by atoms with Gasteiger partial charge in [0.1, 0.15) is 17.3 Å². The minimum absolute atomic E-state index is 0.0600. The summed E-state index contributed by atoms with van der Waals surface area (Å²) in [6, 6.07) is 3.32. The first kappa shape index (κ1) is 12.2. The van der Waals surface area contributed by atoms with Crippen LogP contribution in [0.1, 0.15) is 22.1 Å². The minimum Gasteiger partial charge on any atom is -0.436 e. The van der Waals surface area contributed by atoms with Gasteiger partial charge in [0.05, 0.1) is 5.69 Å². The highest BCUT2D eigenvalue weighted by Gasteiger charge is 2.19. The van der Waals surface area contributed by atoms with Gasteiger partial charge in [-0.3, -0.25) is 4.79 Å². The summed E-state index contributed by atoms with van der Waals surface area (Å²) < 4.78 is 31.7. The SMILES string of the molecule is Cc1nc(C)c(C(=O)Nc2c(F)cccc2F)o1. The van der Waals surface area contributed by atoms with Crippen LogP contribution in [0.15, 0.2) is 22.6 Å². The average molecular weight is 252 g/mol. The molecule has 1 heterocycles. The van der Waals surface area contributed by atoms with E-state index in [4.69, 9.17) is 4.42 Å². The summed E-state index contributed by atoms with van der Waals surface area (Å²) in [5.74, 6) is -2.19. The first-order chi connectivity index (χ1) is 8.49. The molecule has 1 aromatic carbocycles. The van der Waals surface area contributed by atoms with Gasteiger partial charge >= 0.3 is 0 Å². The van der Waals surface area contributed by atoms with E-state index in [-0.39, 0.29) is 5.76 Å². The molecule has 0 fully saturated rings. The van der Waals surface area contributed by atoms with E-state index < -0.39 is 23.2 Å². The molecule has 0 spiro atoms. The molecule has 0 bridgehead atoms. The van der Waals surface area contributed by atoms with Crippen LogP contribution in [0.4, 0.5) is 14.5 Å². The van der Waals surface area contributed by atoms with Crippen LogP contribution in [0.2, 0.25) is 0 Å². The van der Waals surface area contributed by atoms with Crippen LogP contribution in [0.25, 0.3) is 0 Å². The second-order valence-electron chi connectivity index (χ2n) is 3.70. The molecule has 1 N–H and O–H groups in total. The maximum Gasteiger partial charge on any atom is 0.293 e. The van der Waals surface area contributed by atoms with Crippen LogP contribution in [-0.2, 0) is 0 Å². The van der Waals surface area contributed by atoms with Crippen LogP contribution in [0, 0.1) is 25.5 Å². The minimum atomic E-state index is -0.850. The molecule has 0 atom stereocenters. The lowest BCUT2D eigenvalue weighted by atomic mass is 10.2. The summed E-state index contributed by atoms with van der Waals surface area (Å²) in [6.45, 7) is 3.15. The van der Waals surface area contributed by atoms with E-state index in [2.05, 4.69) is 10.3 Å². The zero-order valence-corrected chi connectivity index (χ0v) is 9.75. The van der Waals surface area contributed by atoms with Gasteiger partial charge in [0.2, 0.25) is 5.76 Å². The van der Waals surface area contributed by atoms with E-state index in [0.29, 0.717) is 11.6 Å². The molecule has 2 rings (SSSR count). The lowest BCUT2D eigenvalue weighted by Crippen LogP contribution is -2.14. The Bertz CT molecular complexity index is 588. The van der Waals surface area contributed by atoms with Crippen molar-refractivity contribution in [3.8, 4) is 0 Å². The van der Waals surface area contributed by atoms with Crippen LogP contribution in [0.3, 0.4) is 0 Å². The third-order valence-electron chi connectivity index (χ3n) is 2.31. The maximum absolute atomic E-state index is 13.3.